The molecule has 4 nitrogen and oxygen atoms in total. The Kier molecular flexibility index (Phi) is 7.87. The van der Waals surface area contributed by atoms with E-state index in [-0.39, 0.29) is 23.8 Å². The highest BCUT2D eigenvalue weighted by Crippen LogP contribution is 2.40. The third kappa shape index (κ3) is 6.47. The van der Waals surface area contributed by atoms with Crippen molar-refractivity contribution in [3.05, 3.63) is 64.7 Å². The predicted molar refractivity (Wildman–Crippen MR) is 105 cm³/mol. The molecule has 3 rings (SSSR count). The van der Waals surface area contributed by atoms with Crippen LogP contribution in [0.3, 0.4) is 0 Å². The van der Waals surface area contributed by atoms with E-state index in [1.165, 1.54) is 12.1 Å². The Morgan fingerprint density at radius 3 is 2.15 bits per heavy atom. The molecule has 0 radical (unpaired) electrons. The van der Waals surface area contributed by atoms with E-state index in [1.54, 1.807) is 12.1 Å². The van der Waals surface area contributed by atoms with Crippen molar-refractivity contribution in [2.45, 2.75) is 51.2 Å². The van der Waals surface area contributed by atoms with Crippen molar-refractivity contribution in [3.63, 3.8) is 0 Å². The molecule has 0 spiro atoms. The summed E-state index contributed by atoms with van der Waals surface area (Å²) in [6, 6.07) is 6.43. The summed E-state index contributed by atoms with van der Waals surface area (Å²) in [7, 11) is 0. The van der Waals surface area contributed by atoms with Gasteiger partial charge in [0.1, 0.15) is 22.9 Å². The Labute approximate surface area is 190 Å². The smallest absolute Gasteiger partial charge is 0.423 e. The molecule has 1 heterocycles. The second-order valence-electron chi connectivity index (χ2n) is 7.89. The minimum Gasteiger partial charge on any atom is -0.423 e. The molecule has 2 unspecified atom stereocenters. The van der Waals surface area contributed by atoms with Crippen LogP contribution in [0.1, 0.15) is 60.2 Å². The Bertz CT molecular complexity index is 974. The first-order valence-electron chi connectivity index (χ1n) is 10.5. The van der Waals surface area contributed by atoms with Crippen LogP contribution in [-0.4, -0.2) is 18.9 Å². The number of hydrogen-bond acceptors (Lipinski definition) is 4. The molecule has 2 aromatic rings. The van der Waals surface area contributed by atoms with Gasteiger partial charge < -0.3 is 9.47 Å². The van der Waals surface area contributed by atoms with Gasteiger partial charge in [-0.15, -0.1) is 13.2 Å². The van der Waals surface area contributed by atoms with Gasteiger partial charge in [0.05, 0.1) is 18.3 Å². The zero-order valence-electron chi connectivity index (χ0n) is 17.9. The molecule has 0 amide bonds. The maximum Gasteiger partial charge on any atom is 0.527 e. The molecule has 1 aliphatic heterocycles. The van der Waals surface area contributed by atoms with Crippen molar-refractivity contribution in [2.24, 2.45) is 5.92 Å². The molecule has 1 fully saturated rings. The van der Waals surface area contributed by atoms with Crippen LogP contribution in [0.25, 0.3) is 0 Å². The van der Waals surface area contributed by atoms with Crippen LogP contribution in [0.5, 0.6) is 5.75 Å². The van der Waals surface area contributed by atoms with E-state index in [9.17, 15) is 35.5 Å². The molecule has 0 N–H and O–H groups in total. The number of carbonyl (C=O) groups is 1. The van der Waals surface area contributed by atoms with E-state index in [1.807, 2.05) is 0 Å². The third-order valence-electron chi connectivity index (χ3n) is 5.35. The molecule has 0 saturated carbocycles. The number of alkyl halides is 5. The summed E-state index contributed by atoms with van der Waals surface area (Å²) in [6.45, 7) is 2.75. The van der Waals surface area contributed by atoms with Gasteiger partial charge in [-0.2, -0.15) is 8.78 Å². The monoisotopic (exact) mass is 494 g/mol. The van der Waals surface area contributed by atoms with Gasteiger partial charge in [-0.25, -0.2) is 18.3 Å². The van der Waals surface area contributed by atoms with Crippen LogP contribution in [0, 0.1) is 17.6 Å². The fraction of sp³-hybridized carbons (Fsp3) is 0.435. The Morgan fingerprint density at radius 1 is 1.03 bits per heavy atom. The summed E-state index contributed by atoms with van der Waals surface area (Å²) < 4.78 is 105. The lowest BCUT2D eigenvalue weighted by molar-refractivity contribution is -0.432. The van der Waals surface area contributed by atoms with Crippen molar-refractivity contribution >= 4 is 5.97 Å². The number of halogens is 7. The fourth-order valence-electron chi connectivity index (χ4n) is 3.79. The van der Waals surface area contributed by atoms with Crippen molar-refractivity contribution in [3.8, 4) is 5.75 Å². The third-order valence-corrected chi connectivity index (χ3v) is 5.35. The van der Waals surface area contributed by atoms with E-state index in [0.717, 1.165) is 31.2 Å². The van der Waals surface area contributed by atoms with Gasteiger partial charge in [0.15, 0.2) is 0 Å². The van der Waals surface area contributed by atoms with E-state index in [4.69, 9.17) is 9.47 Å². The van der Waals surface area contributed by atoms with Crippen LogP contribution in [-0.2, 0) is 15.6 Å². The van der Waals surface area contributed by atoms with Crippen molar-refractivity contribution in [1.29, 1.82) is 0 Å². The van der Waals surface area contributed by atoms with Gasteiger partial charge in [0, 0.05) is 12.1 Å². The standard InChI is InChI=1S/C23H21F7O4/c1-2-3-13-4-9-19(32-12-13)14-5-7-15(8-6-14)21(31)33-16-10-17(24)20(18(25)11-16)22(26,27)34-23(28,29)30/h5-8,10-11,13,19H,2-4,9,12H2,1H3. The minimum atomic E-state index is -5.85. The van der Waals surface area contributed by atoms with Crippen LogP contribution >= 0.6 is 0 Å². The molecule has 0 bridgehead atoms. The summed E-state index contributed by atoms with van der Waals surface area (Å²) in [5.41, 5.74) is -1.43. The topological polar surface area (TPSA) is 44.8 Å². The maximum absolute atomic E-state index is 14.0. The first-order chi connectivity index (χ1) is 15.9. The summed E-state index contributed by atoms with van der Waals surface area (Å²) in [6.07, 6.45) is -7.30. The molecule has 34 heavy (non-hydrogen) atoms. The van der Waals surface area contributed by atoms with Gasteiger partial charge in [-0.1, -0.05) is 25.5 Å². The summed E-state index contributed by atoms with van der Waals surface area (Å²) in [5.74, 6) is -5.51. The largest absolute Gasteiger partial charge is 0.527 e. The lowest BCUT2D eigenvalue weighted by Crippen LogP contribution is -2.29. The molecule has 0 aromatic heterocycles. The van der Waals surface area contributed by atoms with Gasteiger partial charge in [-0.3, -0.25) is 0 Å². The fourth-order valence-corrected chi connectivity index (χ4v) is 3.79. The number of esters is 1. The van der Waals surface area contributed by atoms with Crippen LogP contribution in [0.2, 0.25) is 0 Å². The highest BCUT2D eigenvalue weighted by Gasteiger charge is 2.49. The molecule has 11 heteroatoms. The number of ether oxygens (including phenoxy) is 3. The molecule has 2 atom stereocenters. The number of carbonyl (C=O) groups excluding carboxylic acids is 1. The van der Waals surface area contributed by atoms with Gasteiger partial charge >= 0.3 is 18.4 Å². The molecule has 0 aliphatic carbocycles. The summed E-state index contributed by atoms with van der Waals surface area (Å²) >= 11 is 0. The molecule has 186 valence electrons. The van der Waals surface area contributed by atoms with Crippen molar-refractivity contribution in [1.82, 2.24) is 0 Å². The Morgan fingerprint density at radius 2 is 1.65 bits per heavy atom. The van der Waals surface area contributed by atoms with Gasteiger partial charge in [0.2, 0.25) is 0 Å². The SMILES string of the molecule is CCCC1CCC(c2ccc(C(=O)Oc3cc(F)c(C(F)(F)OC(F)(F)F)c(F)c3)cc2)OC1. The van der Waals surface area contributed by atoms with Crippen molar-refractivity contribution in [2.75, 3.05) is 6.61 Å². The lowest BCUT2D eigenvalue weighted by Gasteiger charge is -2.29. The molecular weight excluding hydrogens is 473 g/mol. The average molecular weight is 494 g/mol. The highest BCUT2D eigenvalue weighted by atomic mass is 19.4. The van der Waals surface area contributed by atoms with E-state index in [2.05, 4.69) is 11.7 Å². The number of rotatable bonds is 7. The van der Waals surface area contributed by atoms with Crippen LogP contribution in [0.15, 0.2) is 36.4 Å². The normalized spacial score (nSPS) is 19.2. The van der Waals surface area contributed by atoms with E-state index in [0.29, 0.717) is 12.5 Å². The average Bonchev–Trinajstić information content (AvgIpc) is 2.72. The zero-order valence-corrected chi connectivity index (χ0v) is 17.9. The maximum atomic E-state index is 14.0. The van der Waals surface area contributed by atoms with Crippen molar-refractivity contribution < 1.29 is 49.7 Å². The highest BCUT2D eigenvalue weighted by molar-refractivity contribution is 5.91. The van der Waals surface area contributed by atoms with Crippen LogP contribution in [0.4, 0.5) is 30.7 Å². The Hall–Kier alpha value is -2.66. The number of hydrogen-bond donors (Lipinski definition) is 0. The van der Waals surface area contributed by atoms with E-state index < -0.39 is 41.4 Å². The molecule has 1 saturated heterocycles. The predicted octanol–water partition coefficient (Wildman–Crippen LogP) is 7.04. The summed E-state index contributed by atoms with van der Waals surface area (Å²) in [4.78, 5) is 12.3. The number of benzene rings is 2. The first-order valence-corrected chi connectivity index (χ1v) is 10.5. The molecular formula is C23H21F7O4. The molecule has 1 aliphatic rings. The zero-order chi connectivity index (χ0) is 25.1. The van der Waals surface area contributed by atoms with Gasteiger partial charge in [0.25, 0.3) is 0 Å². The quantitative estimate of drug-likeness (QED) is 0.235. The van der Waals surface area contributed by atoms with Crippen LogP contribution < -0.4 is 4.74 Å². The Balaban J connectivity index is 1.68. The minimum absolute atomic E-state index is 0.000883. The summed E-state index contributed by atoms with van der Waals surface area (Å²) in [5, 5.41) is 0. The first kappa shape index (κ1) is 26.0. The molecule has 2 aromatic carbocycles. The second kappa shape index (κ2) is 10.3. The lowest BCUT2D eigenvalue weighted by atomic mass is 9.91. The van der Waals surface area contributed by atoms with Gasteiger partial charge in [-0.05, 0) is 42.9 Å². The second-order valence-corrected chi connectivity index (χ2v) is 7.89. The van der Waals surface area contributed by atoms with E-state index >= 15 is 0 Å².